The van der Waals surface area contributed by atoms with Gasteiger partial charge in [-0.3, -0.25) is 0 Å². The second-order valence-electron chi connectivity index (χ2n) is 5.47. The molecule has 1 fully saturated rings. The maximum Gasteiger partial charge on any atom is 0.344 e. The van der Waals surface area contributed by atoms with Gasteiger partial charge in [0.2, 0.25) is 0 Å². The van der Waals surface area contributed by atoms with Crippen LogP contribution in [0.15, 0.2) is 18.2 Å². The van der Waals surface area contributed by atoms with Gasteiger partial charge in [0, 0.05) is 0 Å². The highest BCUT2D eigenvalue weighted by Crippen LogP contribution is 2.36. The van der Waals surface area contributed by atoms with Crippen LogP contribution in [0.4, 0.5) is 0 Å². The maximum atomic E-state index is 11.9. The normalized spacial score (nSPS) is 16.2. The third-order valence-electron chi connectivity index (χ3n) is 4.03. The highest BCUT2D eigenvalue weighted by molar-refractivity contribution is 5.91. The predicted octanol–water partition coefficient (Wildman–Crippen LogP) is 2.10. The Balaban J connectivity index is 1.94. The number of esters is 1. The minimum atomic E-state index is -1.33. The number of aromatic carboxylic acids is 1. The molecule has 0 unspecified atom stereocenters. The van der Waals surface area contributed by atoms with Crippen LogP contribution in [0.1, 0.15) is 49.4 Å². The van der Waals surface area contributed by atoms with Crippen molar-refractivity contribution in [1.29, 1.82) is 0 Å². The first kappa shape index (κ1) is 16.1. The van der Waals surface area contributed by atoms with Crippen molar-refractivity contribution in [3.8, 4) is 11.5 Å². The minimum absolute atomic E-state index is 0.158. The first-order valence-electron chi connectivity index (χ1n) is 7.35. The van der Waals surface area contributed by atoms with Crippen molar-refractivity contribution in [2.45, 2.75) is 44.6 Å². The molecule has 0 atom stereocenters. The van der Waals surface area contributed by atoms with Gasteiger partial charge in [-0.2, -0.15) is 0 Å². The Morgan fingerprint density at radius 3 is 2.59 bits per heavy atom. The first-order chi connectivity index (χ1) is 10.5. The molecule has 22 heavy (non-hydrogen) atoms. The lowest BCUT2D eigenvalue weighted by molar-refractivity contribution is -0.268. The summed E-state index contributed by atoms with van der Waals surface area (Å²) < 4.78 is 10.8. The molecule has 6 heteroatoms. The van der Waals surface area contributed by atoms with Gasteiger partial charge in [-0.25, -0.2) is 9.59 Å². The van der Waals surface area contributed by atoms with Crippen LogP contribution in [0.5, 0.6) is 11.5 Å². The largest absolute Gasteiger partial charge is 0.872 e. The molecule has 0 aromatic heterocycles. The number of carbonyl (C=O) groups excluding carboxylic acids is 1. The Labute approximate surface area is 128 Å². The quantitative estimate of drug-likeness (QED) is 0.809. The van der Waals surface area contributed by atoms with E-state index < -0.39 is 17.7 Å². The number of carboxylic acids is 1. The van der Waals surface area contributed by atoms with E-state index in [4.69, 9.17) is 14.6 Å². The number of rotatable bonds is 6. The molecular weight excluding hydrogens is 288 g/mol. The Hall–Kier alpha value is -2.24. The molecule has 1 aliphatic rings. The monoisotopic (exact) mass is 307 g/mol. The fourth-order valence-electron chi connectivity index (χ4n) is 2.73. The molecular formula is C16H19O6-. The summed E-state index contributed by atoms with van der Waals surface area (Å²) in [6.45, 7) is 1.69. The van der Waals surface area contributed by atoms with Crippen LogP contribution in [0, 0.1) is 0 Å². The second kappa shape index (κ2) is 6.68. The molecule has 2 rings (SSSR count). The Bertz CT molecular complexity index is 560. The molecule has 0 aliphatic heterocycles. The predicted molar refractivity (Wildman–Crippen MR) is 75.9 cm³/mol. The smallest absolute Gasteiger partial charge is 0.344 e. The number of hydrogen-bond acceptors (Lipinski definition) is 5. The Kier molecular flexibility index (Phi) is 4.90. The molecule has 6 nitrogen and oxygen atoms in total. The summed E-state index contributed by atoms with van der Waals surface area (Å²) in [4.78, 5) is 22.8. The number of carbonyl (C=O) groups is 2. The van der Waals surface area contributed by atoms with Gasteiger partial charge in [-0.15, -0.1) is 0 Å². The lowest BCUT2D eigenvalue weighted by Crippen LogP contribution is -2.33. The van der Waals surface area contributed by atoms with Gasteiger partial charge in [0.15, 0.2) is 6.61 Å². The van der Waals surface area contributed by atoms with Crippen molar-refractivity contribution in [2.24, 2.45) is 0 Å². The van der Waals surface area contributed by atoms with Gasteiger partial charge < -0.3 is 19.7 Å². The van der Waals surface area contributed by atoms with Gasteiger partial charge in [-0.05, 0) is 44.2 Å². The third kappa shape index (κ3) is 3.69. The molecule has 0 amide bonds. The highest BCUT2D eigenvalue weighted by atomic mass is 16.6. The van der Waals surface area contributed by atoms with E-state index in [2.05, 4.69) is 0 Å². The summed E-state index contributed by atoms with van der Waals surface area (Å²) in [5.74, 6) is -2.25. The van der Waals surface area contributed by atoms with E-state index >= 15 is 0 Å². The molecule has 1 N–H and O–H groups in total. The van der Waals surface area contributed by atoms with E-state index in [1.54, 1.807) is 0 Å². The standard InChI is InChI=1S/C16H20O6/c1-2-16(7-3-4-8-16)22-14(18)10-21-11-5-6-13(17)12(9-11)15(19)20/h5-6,9,17H,2-4,7-8,10H2,1H3,(H,19,20)/p-1. The van der Waals surface area contributed by atoms with E-state index in [1.807, 2.05) is 6.92 Å². The molecule has 0 heterocycles. The molecule has 120 valence electrons. The average molecular weight is 307 g/mol. The number of hydrogen-bond donors (Lipinski definition) is 1. The van der Waals surface area contributed by atoms with Crippen molar-refractivity contribution in [2.75, 3.05) is 6.61 Å². The van der Waals surface area contributed by atoms with Gasteiger partial charge in [0.1, 0.15) is 11.4 Å². The zero-order chi connectivity index (χ0) is 16.2. The van der Waals surface area contributed by atoms with Gasteiger partial charge >= 0.3 is 11.9 Å². The summed E-state index contributed by atoms with van der Waals surface area (Å²) in [5, 5.41) is 20.2. The van der Waals surface area contributed by atoms with Crippen molar-refractivity contribution in [3.63, 3.8) is 0 Å². The van der Waals surface area contributed by atoms with E-state index in [-0.39, 0.29) is 23.5 Å². The lowest BCUT2D eigenvalue weighted by atomic mass is 9.99. The third-order valence-corrected chi connectivity index (χ3v) is 4.03. The number of ether oxygens (including phenoxy) is 2. The van der Waals surface area contributed by atoms with Crippen molar-refractivity contribution in [1.82, 2.24) is 0 Å². The van der Waals surface area contributed by atoms with Crippen LogP contribution in [-0.4, -0.2) is 29.3 Å². The van der Waals surface area contributed by atoms with E-state index in [1.165, 1.54) is 6.07 Å². The molecule has 0 radical (unpaired) electrons. The van der Waals surface area contributed by atoms with E-state index in [9.17, 15) is 14.7 Å². The van der Waals surface area contributed by atoms with Gasteiger partial charge in [0.25, 0.3) is 0 Å². The Morgan fingerprint density at radius 2 is 2.00 bits per heavy atom. The van der Waals surface area contributed by atoms with E-state index in [0.717, 1.165) is 44.2 Å². The number of carboxylic acid groups (broad SMARTS) is 1. The van der Waals surface area contributed by atoms with Crippen LogP contribution in [-0.2, 0) is 9.53 Å². The molecule has 1 aromatic rings. The van der Waals surface area contributed by atoms with Crippen LogP contribution in [0.2, 0.25) is 0 Å². The van der Waals surface area contributed by atoms with Crippen molar-refractivity contribution < 1.29 is 29.3 Å². The molecule has 1 aromatic carbocycles. The van der Waals surface area contributed by atoms with Crippen molar-refractivity contribution >= 4 is 11.9 Å². The second-order valence-corrected chi connectivity index (χ2v) is 5.47. The SMILES string of the molecule is CCC1(OC(=O)COc2ccc([O-])c(C(=O)O)c2)CCCC1. The summed E-state index contributed by atoms with van der Waals surface area (Å²) in [7, 11) is 0. The molecule has 1 aliphatic carbocycles. The summed E-state index contributed by atoms with van der Waals surface area (Å²) in [6, 6.07) is 3.56. The van der Waals surface area contributed by atoms with Crippen LogP contribution < -0.4 is 9.84 Å². The van der Waals surface area contributed by atoms with Crippen LogP contribution >= 0.6 is 0 Å². The zero-order valence-electron chi connectivity index (χ0n) is 12.5. The summed E-state index contributed by atoms with van der Waals surface area (Å²) in [6.07, 6.45) is 4.60. The molecule has 0 spiro atoms. The summed E-state index contributed by atoms with van der Waals surface area (Å²) >= 11 is 0. The highest BCUT2D eigenvalue weighted by Gasteiger charge is 2.35. The fraction of sp³-hybridized carbons (Fsp3) is 0.500. The van der Waals surface area contributed by atoms with Crippen LogP contribution in [0.25, 0.3) is 0 Å². The van der Waals surface area contributed by atoms with Gasteiger partial charge in [-0.1, -0.05) is 18.7 Å². The average Bonchev–Trinajstić information content (AvgIpc) is 2.95. The topological polar surface area (TPSA) is 95.9 Å². The van der Waals surface area contributed by atoms with Crippen LogP contribution in [0.3, 0.4) is 0 Å². The molecule has 0 bridgehead atoms. The lowest BCUT2D eigenvalue weighted by Gasteiger charge is -2.27. The maximum absolute atomic E-state index is 11.9. The summed E-state index contributed by atoms with van der Waals surface area (Å²) in [5.41, 5.74) is -0.766. The minimum Gasteiger partial charge on any atom is -0.872 e. The van der Waals surface area contributed by atoms with Gasteiger partial charge in [0.05, 0.1) is 5.56 Å². The fourth-order valence-corrected chi connectivity index (χ4v) is 2.73. The molecule has 0 saturated heterocycles. The zero-order valence-corrected chi connectivity index (χ0v) is 12.5. The van der Waals surface area contributed by atoms with E-state index in [0.29, 0.717) is 0 Å². The molecule has 1 saturated carbocycles. The van der Waals surface area contributed by atoms with Crippen molar-refractivity contribution in [3.05, 3.63) is 23.8 Å². The Morgan fingerprint density at radius 1 is 1.32 bits per heavy atom. The number of benzene rings is 1. The first-order valence-corrected chi connectivity index (χ1v) is 7.35.